The Morgan fingerprint density at radius 1 is 0.808 bits per heavy atom. The Morgan fingerprint density at radius 2 is 1.42 bits per heavy atom. The van der Waals surface area contributed by atoms with E-state index >= 15 is 0 Å². The molecule has 0 amide bonds. The van der Waals surface area contributed by atoms with Crippen LogP contribution in [0.3, 0.4) is 0 Å². The summed E-state index contributed by atoms with van der Waals surface area (Å²) in [5.74, 6) is 0.384. The van der Waals surface area contributed by atoms with Crippen LogP contribution in [-0.2, 0) is 0 Å². The molecule has 2 atom stereocenters. The SMILES string of the molecule is Fc1cccc(C2=N[C@H](c3ccc(Cl)cc3)[C@H](c3ccc(Cl)cc3)N2)c1. The lowest BCUT2D eigenvalue weighted by molar-refractivity contribution is 0.572. The molecule has 0 bridgehead atoms. The van der Waals surface area contributed by atoms with Crippen molar-refractivity contribution in [3.05, 3.63) is 105 Å². The van der Waals surface area contributed by atoms with Crippen molar-refractivity contribution in [2.45, 2.75) is 12.1 Å². The molecule has 1 aliphatic heterocycles. The van der Waals surface area contributed by atoms with Gasteiger partial charge in [0.2, 0.25) is 0 Å². The molecule has 0 aliphatic carbocycles. The van der Waals surface area contributed by atoms with E-state index in [-0.39, 0.29) is 17.9 Å². The lowest BCUT2D eigenvalue weighted by atomic mass is 9.95. The van der Waals surface area contributed by atoms with E-state index in [1.807, 2.05) is 54.6 Å². The minimum atomic E-state index is -0.287. The van der Waals surface area contributed by atoms with Gasteiger partial charge in [-0.25, -0.2) is 4.39 Å². The minimum absolute atomic E-state index is 0.0771. The van der Waals surface area contributed by atoms with Crippen LogP contribution < -0.4 is 5.32 Å². The molecule has 1 heterocycles. The highest BCUT2D eigenvalue weighted by atomic mass is 35.5. The largest absolute Gasteiger partial charge is 0.361 e. The smallest absolute Gasteiger partial charge is 0.129 e. The Bertz CT molecular complexity index is 953. The molecule has 4 rings (SSSR count). The van der Waals surface area contributed by atoms with E-state index in [0.717, 1.165) is 16.7 Å². The van der Waals surface area contributed by atoms with Crippen LogP contribution in [0.25, 0.3) is 0 Å². The van der Waals surface area contributed by atoms with Gasteiger partial charge in [0, 0.05) is 15.6 Å². The summed E-state index contributed by atoms with van der Waals surface area (Å²) in [6.45, 7) is 0. The van der Waals surface area contributed by atoms with Crippen LogP contribution in [0, 0.1) is 5.82 Å². The molecule has 0 radical (unpaired) electrons. The third-order valence-corrected chi connectivity index (χ3v) is 4.92. The number of nitrogens with one attached hydrogen (secondary N) is 1. The second-order valence-electron chi connectivity index (χ2n) is 6.16. The van der Waals surface area contributed by atoms with Gasteiger partial charge in [-0.1, -0.05) is 59.6 Å². The molecule has 0 saturated carbocycles. The summed E-state index contributed by atoms with van der Waals surface area (Å²) in [5, 5.41) is 4.80. The molecule has 0 aromatic heterocycles. The molecule has 2 nitrogen and oxygen atoms in total. The van der Waals surface area contributed by atoms with Gasteiger partial charge in [0.1, 0.15) is 17.7 Å². The predicted octanol–water partition coefficient (Wildman–Crippen LogP) is 5.96. The van der Waals surface area contributed by atoms with Gasteiger partial charge in [0.25, 0.3) is 0 Å². The van der Waals surface area contributed by atoms with E-state index in [4.69, 9.17) is 28.2 Å². The maximum atomic E-state index is 13.6. The second kappa shape index (κ2) is 7.10. The second-order valence-corrected chi connectivity index (χ2v) is 7.03. The van der Waals surface area contributed by atoms with Gasteiger partial charge in [-0.3, -0.25) is 4.99 Å². The number of aliphatic imine (C=N–C) groups is 1. The Hall–Kier alpha value is -2.36. The van der Waals surface area contributed by atoms with E-state index in [1.165, 1.54) is 12.1 Å². The van der Waals surface area contributed by atoms with Gasteiger partial charge in [-0.15, -0.1) is 0 Å². The summed E-state index contributed by atoms with van der Waals surface area (Å²) in [4.78, 5) is 4.84. The average molecular weight is 385 g/mol. The van der Waals surface area contributed by atoms with Crippen molar-refractivity contribution in [2.75, 3.05) is 0 Å². The third kappa shape index (κ3) is 3.46. The minimum Gasteiger partial charge on any atom is -0.361 e. The van der Waals surface area contributed by atoms with Crippen molar-refractivity contribution in [3.63, 3.8) is 0 Å². The van der Waals surface area contributed by atoms with Crippen LogP contribution in [0.15, 0.2) is 77.8 Å². The van der Waals surface area contributed by atoms with Gasteiger partial charge in [0.15, 0.2) is 0 Å². The molecule has 5 heteroatoms. The zero-order chi connectivity index (χ0) is 18.1. The standard InChI is InChI=1S/C21H15Cl2FN2/c22-16-8-4-13(5-9-16)19-20(14-6-10-17(23)11-7-14)26-21(25-19)15-2-1-3-18(24)12-15/h1-12,19-20H,(H,25,26)/t19-,20+. The third-order valence-electron chi connectivity index (χ3n) is 4.41. The molecule has 26 heavy (non-hydrogen) atoms. The quantitative estimate of drug-likeness (QED) is 0.591. The van der Waals surface area contributed by atoms with E-state index in [2.05, 4.69) is 5.32 Å². The predicted molar refractivity (Wildman–Crippen MR) is 104 cm³/mol. The number of nitrogens with zero attached hydrogens (tertiary/aromatic N) is 1. The topological polar surface area (TPSA) is 24.4 Å². The summed E-state index contributed by atoms with van der Waals surface area (Å²) >= 11 is 12.0. The van der Waals surface area contributed by atoms with E-state index < -0.39 is 0 Å². The Kier molecular flexibility index (Phi) is 4.66. The van der Waals surface area contributed by atoms with Crippen molar-refractivity contribution in [2.24, 2.45) is 4.99 Å². The number of hydrogen-bond acceptors (Lipinski definition) is 2. The van der Waals surface area contributed by atoms with Gasteiger partial charge in [0.05, 0.1) is 6.04 Å². The molecular formula is C21H15Cl2FN2. The average Bonchev–Trinajstić information content (AvgIpc) is 3.08. The zero-order valence-electron chi connectivity index (χ0n) is 13.7. The van der Waals surface area contributed by atoms with Crippen LogP contribution in [0.4, 0.5) is 4.39 Å². The first-order chi connectivity index (χ1) is 12.6. The Morgan fingerprint density at radius 3 is 2.04 bits per heavy atom. The molecule has 130 valence electrons. The van der Waals surface area contributed by atoms with Crippen molar-refractivity contribution in [1.82, 2.24) is 5.32 Å². The monoisotopic (exact) mass is 384 g/mol. The lowest BCUT2D eigenvalue weighted by Gasteiger charge is -2.20. The summed E-state index contributed by atoms with van der Waals surface area (Å²) in [6.07, 6.45) is 0. The van der Waals surface area contributed by atoms with Crippen LogP contribution >= 0.6 is 23.2 Å². The molecule has 1 N–H and O–H groups in total. The highest BCUT2D eigenvalue weighted by Crippen LogP contribution is 2.37. The molecule has 1 aliphatic rings. The highest BCUT2D eigenvalue weighted by Gasteiger charge is 2.31. The Balaban J connectivity index is 1.75. The number of halogens is 3. The molecule has 3 aromatic rings. The lowest BCUT2D eigenvalue weighted by Crippen LogP contribution is -2.25. The fourth-order valence-electron chi connectivity index (χ4n) is 3.13. The highest BCUT2D eigenvalue weighted by molar-refractivity contribution is 6.30. The molecule has 3 aromatic carbocycles. The van der Waals surface area contributed by atoms with Crippen molar-refractivity contribution in [1.29, 1.82) is 0 Å². The van der Waals surface area contributed by atoms with Crippen LogP contribution in [0.2, 0.25) is 10.0 Å². The van der Waals surface area contributed by atoms with E-state index in [9.17, 15) is 4.39 Å². The van der Waals surface area contributed by atoms with Crippen molar-refractivity contribution >= 4 is 29.0 Å². The normalized spacial score (nSPS) is 19.1. The maximum Gasteiger partial charge on any atom is 0.129 e. The molecular weight excluding hydrogens is 370 g/mol. The zero-order valence-corrected chi connectivity index (χ0v) is 15.2. The fourth-order valence-corrected chi connectivity index (χ4v) is 3.39. The molecule has 0 unspecified atom stereocenters. The number of hydrogen-bond donors (Lipinski definition) is 1. The first kappa shape index (κ1) is 17.1. The van der Waals surface area contributed by atoms with Gasteiger partial charge >= 0.3 is 0 Å². The van der Waals surface area contributed by atoms with Crippen LogP contribution in [0.5, 0.6) is 0 Å². The number of benzene rings is 3. The van der Waals surface area contributed by atoms with Gasteiger partial charge < -0.3 is 5.32 Å². The van der Waals surface area contributed by atoms with E-state index in [0.29, 0.717) is 15.9 Å². The Labute approximate surface area is 161 Å². The van der Waals surface area contributed by atoms with Crippen LogP contribution in [0.1, 0.15) is 28.8 Å². The first-order valence-electron chi connectivity index (χ1n) is 8.21. The number of rotatable bonds is 3. The van der Waals surface area contributed by atoms with E-state index in [1.54, 1.807) is 6.07 Å². The molecule has 0 spiro atoms. The maximum absolute atomic E-state index is 13.6. The summed E-state index contributed by atoms with van der Waals surface area (Å²) in [5.41, 5.74) is 2.82. The number of amidine groups is 1. The first-order valence-corrected chi connectivity index (χ1v) is 8.97. The summed E-state index contributed by atoms with van der Waals surface area (Å²) in [7, 11) is 0. The molecule has 0 saturated heterocycles. The van der Waals surface area contributed by atoms with Gasteiger partial charge in [-0.05, 0) is 47.5 Å². The summed E-state index contributed by atoms with van der Waals surface area (Å²) in [6, 6.07) is 21.5. The summed E-state index contributed by atoms with van der Waals surface area (Å²) < 4.78 is 13.6. The van der Waals surface area contributed by atoms with Crippen molar-refractivity contribution in [3.8, 4) is 0 Å². The van der Waals surface area contributed by atoms with Gasteiger partial charge in [-0.2, -0.15) is 0 Å². The fraction of sp³-hybridized carbons (Fsp3) is 0.0952. The molecule has 0 fully saturated rings. The van der Waals surface area contributed by atoms with Crippen LogP contribution in [-0.4, -0.2) is 5.84 Å². The van der Waals surface area contributed by atoms with Crippen molar-refractivity contribution < 1.29 is 4.39 Å².